The fourth-order valence-electron chi connectivity index (χ4n) is 4.45. The van der Waals surface area contributed by atoms with E-state index >= 15 is 0 Å². The number of benzene rings is 1. The molecule has 9 nitrogen and oxygen atoms in total. The van der Waals surface area contributed by atoms with Gasteiger partial charge in [0.25, 0.3) is 0 Å². The molecule has 1 fully saturated rings. The molecule has 0 N–H and O–H groups in total. The molecular formula is C24H25F6N5O4S. The van der Waals surface area contributed by atoms with Crippen molar-refractivity contribution in [3.63, 3.8) is 0 Å². The lowest BCUT2D eigenvalue weighted by Crippen LogP contribution is -2.39. The fraction of sp³-hybridized carbons (Fsp3) is 0.500. The summed E-state index contributed by atoms with van der Waals surface area (Å²) in [5.74, 6) is 0.112. The molecule has 0 unspecified atom stereocenters. The average Bonchev–Trinajstić information content (AvgIpc) is 3.21. The van der Waals surface area contributed by atoms with Crippen molar-refractivity contribution >= 4 is 10.0 Å². The Hall–Kier alpha value is -3.27. The van der Waals surface area contributed by atoms with Crippen molar-refractivity contribution in [1.82, 2.24) is 24.4 Å². The van der Waals surface area contributed by atoms with E-state index in [1.54, 1.807) is 0 Å². The maximum atomic E-state index is 13.1. The third-order valence-corrected chi connectivity index (χ3v) is 8.44. The number of hydrogen-bond acceptors (Lipinski definition) is 8. The highest BCUT2D eigenvalue weighted by Gasteiger charge is 2.35. The number of piperidine rings is 1. The normalized spacial score (nSPS) is 15.9. The van der Waals surface area contributed by atoms with Crippen molar-refractivity contribution < 1.29 is 44.0 Å². The molecular weight excluding hydrogens is 568 g/mol. The molecule has 3 aromatic rings. The summed E-state index contributed by atoms with van der Waals surface area (Å²) in [6, 6.07) is 3.85. The van der Waals surface area contributed by atoms with Crippen molar-refractivity contribution in [3.05, 3.63) is 58.5 Å². The van der Waals surface area contributed by atoms with Gasteiger partial charge in [0.2, 0.25) is 10.0 Å². The van der Waals surface area contributed by atoms with Crippen LogP contribution in [0.4, 0.5) is 26.3 Å². The molecule has 0 aliphatic carbocycles. The minimum absolute atomic E-state index is 0.0223. The van der Waals surface area contributed by atoms with Crippen LogP contribution in [-0.2, 0) is 29.0 Å². The predicted molar refractivity (Wildman–Crippen MR) is 127 cm³/mol. The molecule has 0 amide bonds. The summed E-state index contributed by atoms with van der Waals surface area (Å²) < 4.78 is 115. The summed E-state index contributed by atoms with van der Waals surface area (Å²) in [6.07, 6.45) is -8.43. The van der Waals surface area contributed by atoms with E-state index in [0.29, 0.717) is 12.8 Å². The maximum absolute atomic E-state index is 13.1. The number of ether oxygens (including phenoxy) is 1. The standard InChI is InChI=1S/C24H25F6N5O4S/c1-14-21(15(2)39-34-14)40(36,37)35-8-6-16(7-9-35)11-19-31-20(33-22(32-19)38-13-23(25,26)27)12-17-4-3-5-18(10-17)24(28,29)30/h3-5,10,16H,6-9,11-13H2,1-2H3. The summed E-state index contributed by atoms with van der Waals surface area (Å²) in [5.41, 5.74) is -0.429. The molecule has 4 rings (SSSR count). The van der Waals surface area contributed by atoms with Gasteiger partial charge in [-0.1, -0.05) is 23.4 Å². The highest BCUT2D eigenvalue weighted by molar-refractivity contribution is 7.89. The Bertz CT molecular complexity index is 1430. The predicted octanol–water partition coefficient (Wildman–Crippen LogP) is 4.67. The molecule has 3 heterocycles. The minimum atomic E-state index is -4.66. The summed E-state index contributed by atoms with van der Waals surface area (Å²) in [4.78, 5) is 12.2. The SMILES string of the molecule is Cc1noc(C)c1S(=O)(=O)N1CCC(Cc2nc(Cc3cccc(C(F)(F)F)c3)nc(OCC(F)(F)F)n2)CC1. The van der Waals surface area contributed by atoms with Crippen LogP contribution in [0.2, 0.25) is 0 Å². The molecule has 0 spiro atoms. The van der Waals surface area contributed by atoms with E-state index in [1.807, 2.05) is 0 Å². The number of aryl methyl sites for hydroxylation is 2. The van der Waals surface area contributed by atoms with E-state index < -0.39 is 40.6 Å². The number of halogens is 6. The lowest BCUT2D eigenvalue weighted by molar-refractivity contribution is -0.154. The maximum Gasteiger partial charge on any atom is 0.422 e. The molecule has 0 saturated carbocycles. The second-order valence-corrected chi connectivity index (χ2v) is 11.3. The van der Waals surface area contributed by atoms with E-state index in [1.165, 1.54) is 30.3 Å². The first-order valence-corrected chi connectivity index (χ1v) is 13.6. The average molecular weight is 594 g/mol. The van der Waals surface area contributed by atoms with Crippen LogP contribution in [0.3, 0.4) is 0 Å². The van der Waals surface area contributed by atoms with Crippen LogP contribution < -0.4 is 4.74 Å². The zero-order valence-corrected chi connectivity index (χ0v) is 22.2. The highest BCUT2D eigenvalue weighted by atomic mass is 32.2. The fourth-order valence-corrected chi connectivity index (χ4v) is 6.21. The van der Waals surface area contributed by atoms with Crippen molar-refractivity contribution in [1.29, 1.82) is 0 Å². The quantitative estimate of drug-likeness (QED) is 0.347. The summed E-state index contributed by atoms with van der Waals surface area (Å²) >= 11 is 0. The van der Waals surface area contributed by atoms with Crippen molar-refractivity contribution in [2.45, 2.75) is 56.8 Å². The van der Waals surface area contributed by atoms with Crippen LogP contribution >= 0.6 is 0 Å². The van der Waals surface area contributed by atoms with Crippen molar-refractivity contribution in [2.24, 2.45) is 5.92 Å². The third-order valence-electron chi connectivity index (χ3n) is 6.30. The largest absolute Gasteiger partial charge is 0.454 e. The van der Waals surface area contributed by atoms with Gasteiger partial charge < -0.3 is 9.26 Å². The van der Waals surface area contributed by atoms with Crippen LogP contribution in [0.15, 0.2) is 33.7 Å². The van der Waals surface area contributed by atoms with Gasteiger partial charge in [0, 0.05) is 25.9 Å². The highest BCUT2D eigenvalue weighted by Crippen LogP contribution is 2.31. The van der Waals surface area contributed by atoms with Crippen LogP contribution in [0, 0.1) is 19.8 Å². The monoisotopic (exact) mass is 593 g/mol. The summed E-state index contributed by atoms with van der Waals surface area (Å²) in [6.45, 7) is 1.74. The van der Waals surface area contributed by atoms with Gasteiger partial charge in [0.05, 0.1) is 5.56 Å². The van der Waals surface area contributed by atoms with Gasteiger partial charge in [-0.3, -0.25) is 0 Å². The first kappa shape index (κ1) is 29.7. The second kappa shape index (κ2) is 11.3. The smallest absolute Gasteiger partial charge is 0.422 e. The van der Waals surface area contributed by atoms with Gasteiger partial charge >= 0.3 is 18.4 Å². The molecule has 16 heteroatoms. The van der Waals surface area contributed by atoms with E-state index in [0.717, 1.165) is 12.1 Å². The minimum Gasteiger partial charge on any atom is -0.454 e. The number of hydrogen-bond donors (Lipinski definition) is 0. The zero-order chi connectivity index (χ0) is 29.3. The number of aromatic nitrogens is 4. The molecule has 1 aromatic carbocycles. The van der Waals surface area contributed by atoms with Crippen LogP contribution in [0.25, 0.3) is 0 Å². The number of alkyl halides is 6. The molecule has 1 saturated heterocycles. The van der Waals surface area contributed by atoms with Crippen LogP contribution in [-0.4, -0.2) is 58.7 Å². The van der Waals surface area contributed by atoms with Gasteiger partial charge in [0.1, 0.15) is 22.2 Å². The number of rotatable bonds is 8. The van der Waals surface area contributed by atoms with Gasteiger partial charge in [-0.05, 0) is 44.2 Å². The first-order chi connectivity index (χ1) is 18.6. The molecule has 2 aromatic heterocycles. The lowest BCUT2D eigenvalue weighted by atomic mass is 9.94. The van der Waals surface area contributed by atoms with E-state index in [9.17, 15) is 34.8 Å². The van der Waals surface area contributed by atoms with Gasteiger partial charge in [0.15, 0.2) is 12.4 Å². The van der Waals surface area contributed by atoms with Gasteiger partial charge in [-0.25, -0.2) is 13.4 Å². The Kier molecular flexibility index (Phi) is 8.40. The molecule has 40 heavy (non-hydrogen) atoms. The number of sulfonamides is 1. The Labute approximate surface area is 225 Å². The first-order valence-electron chi connectivity index (χ1n) is 12.1. The molecule has 0 atom stereocenters. The topological polar surface area (TPSA) is 111 Å². The van der Waals surface area contributed by atoms with Crippen molar-refractivity contribution in [3.8, 4) is 6.01 Å². The van der Waals surface area contributed by atoms with Gasteiger partial charge in [-0.2, -0.15) is 40.6 Å². The van der Waals surface area contributed by atoms with E-state index in [-0.39, 0.29) is 65.4 Å². The molecule has 218 valence electrons. The Morgan fingerprint density at radius 3 is 2.30 bits per heavy atom. The van der Waals surface area contributed by atoms with Crippen molar-refractivity contribution in [2.75, 3.05) is 19.7 Å². The Balaban J connectivity index is 1.50. The molecule has 1 aliphatic heterocycles. The molecule has 1 aliphatic rings. The molecule has 0 bridgehead atoms. The number of nitrogens with zero attached hydrogens (tertiary/aromatic N) is 5. The Morgan fingerprint density at radius 2 is 1.70 bits per heavy atom. The lowest BCUT2D eigenvalue weighted by Gasteiger charge is -2.30. The second-order valence-electron chi connectivity index (χ2n) is 9.43. The third kappa shape index (κ3) is 7.27. The van der Waals surface area contributed by atoms with E-state index in [2.05, 4.69) is 20.1 Å². The van der Waals surface area contributed by atoms with Gasteiger partial charge in [-0.15, -0.1) is 0 Å². The summed E-state index contributed by atoms with van der Waals surface area (Å²) in [7, 11) is -3.83. The van der Waals surface area contributed by atoms with E-state index in [4.69, 9.17) is 9.26 Å². The van der Waals surface area contributed by atoms with Crippen LogP contribution in [0.5, 0.6) is 6.01 Å². The Morgan fingerprint density at radius 1 is 1.02 bits per heavy atom. The van der Waals surface area contributed by atoms with Crippen LogP contribution in [0.1, 0.15) is 47.1 Å². The zero-order valence-electron chi connectivity index (χ0n) is 21.4. The summed E-state index contributed by atoms with van der Waals surface area (Å²) in [5, 5.41) is 3.70. The molecule has 0 radical (unpaired) electrons.